The first-order valence-corrected chi connectivity index (χ1v) is 8.87. The van der Waals surface area contributed by atoms with Crippen molar-refractivity contribution < 1.29 is 9.53 Å². The Kier molecular flexibility index (Phi) is 5.16. The van der Waals surface area contributed by atoms with E-state index in [0.717, 1.165) is 53.4 Å². The molecule has 1 aromatic carbocycles. The smallest absolute Gasteiger partial charge is 0.216 e. The first-order chi connectivity index (χ1) is 11.1. The van der Waals surface area contributed by atoms with Gasteiger partial charge in [0.1, 0.15) is 5.75 Å². The van der Waals surface area contributed by atoms with Crippen LogP contribution in [0.4, 0.5) is 0 Å². The normalized spacial score (nSPS) is 21.1. The van der Waals surface area contributed by atoms with E-state index < -0.39 is 0 Å². The predicted molar refractivity (Wildman–Crippen MR) is 94.5 cm³/mol. The zero-order valence-corrected chi connectivity index (χ0v) is 14.8. The van der Waals surface area contributed by atoms with Crippen LogP contribution >= 0.6 is 15.9 Å². The van der Waals surface area contributed by atoms with E-state index in [0.29, 0.717) is 5.92 Å². The number of aromatic nitrogens is 1. The SMILES string of the molecule is CC(=O)NC[C@H]1CC[C@H](Oc2ccnc3c(Br)cccc23)CC1. The second kappa shape index (κ2) is 7.30. The second-order valence-corrected chi connectivity index (χ2v) is 7.00. The Balaban J connectivity index is 1.63. The molecule has 122 valence electrons. The van der Waals surface area contributed by atoms with E-state index in [-0.39, 0.29) is 12.0 Å². The van der Waals surface area contributed by atoms with Crippen LogP contribution in [0.15, 0.2) is 34.9 Å². The quantitative estimate of drug-likeness (QED) is 0.874. The van der Waals surface area contributed by atoms with Crippen molar-refractivity contribution in [2.45, 2.75) is 38.7 Å². The molecule has 1 N–H and O–H groups in total. The molecule has 2 aromatic rings. The average Bonchev–Trinajstić information content (AvgIpc) is 2.55. The van der Waals surface area contributed by atoms with Gasteiger partial charge in [0.05, 0.1) is 11.6 Å². The number of pyridine rings is 1. The molecule has 0 bridgehead atoms. The molecule has 0 saturated heterocycles. The summed E-state index contributed by atoms with van der Waals surface area (Å²) in [4.78, 5) is 15.4. The Labute approximate surface area is 144 Å². The van der Waals surface area contributed by atoms with E-state index in [1.165, 1.54) is 0 Å². The second-order valence-electron chi connectivity index (χ2n) is 6.14. The Morgan fingerprint density at radius 2 is 2.09 bits per heavy atom. The van der Waals surface area contributed by atoms with Crippen molar-refractivity contribution in [2.75, 3.05) is 6.54 Å². The average molecular weight is 377 g/mol. The van der Waals surface area contributed by atoms with Crippen molar-refractivity contribution in [1.29, 1.82) is 0 Å². The summed E-state index contributed by atoms with van der Waals surface area (Å²) in [6.07, 6.45) is 6.29. The maximum absolute atomic E-state index is 11.0. The molecule has 0 aliphatic heterocycles. The van der Waals surface area contributed by atoms with Crippen molar-refractivity contribution in [1.82, 2.24) is 10.3 Å². The van der Waals surface area contributed by atoms with Gasteiger partial charge in [-0.05, 0) is 65.7 Å². The maximum atomic E-state index is 11.0. The van der Waals surface area contributed by atoms with Crippen LogP contribution in [0.1, 0.15) is 32.6 Å². The van der Waals surface area contributed by atoms with Gasteiger partial charge >= 0.3 is 0 Å². The zero-order valence-electron chi connectivity index (χ0n) is 13.2. The number of nitrogens with one attached hydrogen (secondary N) is 1. The summed E-state index contributed by atoms with van der Waals surface area (Å²) in [7, 11) is 0. The summed E-state index contributed by atoms with van der Waals surface area (Å²) in [5.74, 6) is 1.53. The number of halogens is 1. The van der Waals surface area contributed by atoms with Gasteiger partial charge in [-0.25, -0.2) is 0 Å². The zero-order chi connectivity index (χ0) is 16.2. The number of carbonyl (C=O) groups is 1. The summed E-state index contributed by atoms with van der Waals surface area (Å²) in [5, 5.41) is 3.96. The van der Waals surface area contributed by atoms with Gasteiger partial charge in [-0.3, -0.25) is 9.78 Å². The molecule has 0 radical (unpaired) electrons. The fourth-order valence-electron chi connectivity index (χ4n) is 3.14. The van der Waals surface area contributed by atoms with E-state index in [9.17, 15) is 4.79 Å². The van der Waals surface area contributed by atoms with Gasteiger partial charge < -0.3 is 10.1 Å². The summed E-state index contributed by atoms with van der Waals surface area (Å²) >= 11 is 3.54. The van der Waals surface area contributed by atoms with Gasteiger partial charge in [-0.2, -0.15) is 0 Å². The highest BCUT2D eigenvalue weighted by atomic mass is 79.9. The molecular weight excluding hydrogens is 356 g/mol. The van der Waals surface area contributed by atoms with Crippen LogP contribution in [0.5, 0.6) is 5.75 Å². The van der Waals surface area contributed by atoms with Crippen molar-refractivity contribution in [3.05, 3.63) is 34.9 Å². The lowest BCUT2D eigenvalue weighted by Gasteiger charge is -2.29. The number of benzene rings is 1. The van der Waals surface area contributed by atoms with Gasteiger partial charge in [0.15, 0.2) is 0 Å². The summed E-state index contributed by atoms with van der Waals surface area (Å²) in [5.41, 5.74) is 0.935. The van der Waals surface area contributed by atoms with Gasteiger partial charge in [-0.15, -0.1) is 0 Å². The molecule has 5 heteroatoms. The van der Waals surface area contributed by atoms with Crippen molar-refractivity contribution in [3.63, 3.8) is 0 Å². The number of carbonyl (C=O) groups excluding carboxylic acids is 1. The Morgan fingerprint density at radius 1 is 1.30 bits per heavy atom. The highest BCUT2D eigenvalue weighted by molar-refractivity contribution is 9.10. The van der Waals surface area contributed by atoms with Crippen LogP contribution in [0, 0.1) is 5.92 Å². The topological polar surface area (TPSA) is 51.2 Å². The maximum Gasteiger partial charge on any atom is 0.216 e. The Hall–Kier alpha value is -1.62. The molecule has 1 fully saturated rings. The highest BCUT2D eigenvalue weighted by Gasteiger charge is 2.23. The molecule has 1 heterocycles. The van der Waals surface area contributed by atoms with E-state index in [1.807, 2.05) is 24.3 Å². The standard InChI is InChI=1S/C18H21BrN2O2/c1-12(22)21-11-13-5-7-14(8-6-13)23-17-9-10-20-18-15(17)3-2-4-16(18)19/h2-4,9-10,13-14H,5-8,11H2,1H3,(H,21,22)/t13-,14-. The third-order valence-corrected chi connectivity index (χ3v) is 5.05. The lowest BCUT2D eigenvalue weighted by atomic mass is 9.87. The molecular formula is C18H21BrN2O2. The van der Waals surface area contributed by atoms with Crippen LogP contribution in [-0.4, -0.2) is 23.5 Å². The van der Waals surface area contributed by atoms with Gasteiger partial charge in [0, 0.05) is 29.5 Å². The largest absolute Gasteiger partial charge is 0.490 e. The number of amides is 1. The summed E-state index contributed by atoms with van der Waals surface area (Å²) in [6, 6.07) is 7.99. The van der Waals surface area contributed by atoms with Crippen LogP contribution in [0.2, 0.25) is 0 Å². The fourth-order valence-corrected chi connectivity index (χ4v) is 3.61. The molecule has 1 amide bonds. The number of hydrogen-bond donors (Lipinski definition) is 1. The lowest BCUT2D eigenvalue weighted by Crippen LogP contribution is -2.32. The number of para-hydroxylation sites is 1. The molecule has 3 rings (SSSR count). The minimum atomic E-state index is 0.0530. The Bertz CT molecular complexity index is 696. The molecule has 1 aliphatic rings. The molecule has 1 aromatic heterocycles. The molecule has 0 atom stereocenters. The van der Waals surface area contributed by atoms with Crippen LogP contribution < -0.4 is 10.1 Å². The fraction of sp³-hybridized carbons (Fsp3) is 0.444. The number of hydrogen-bond acceptors (Lipinski definition) is 3. The van der Waals surface area contributed by atoms with E-state index >= 15 is 0 Å². The van der Waals surface area contributed by atoms with Crippen molar-refractivity contribution in [3.8, 4) is 5.75 Å². The van der Waals surface area contributed by atoms with Crippen LogP contribution in [-0.2, 0) is 4.79 Å². The predicted octanol–water partition coefficient (Wildman–Crippen LogP) is 4.07. The van der Waals surface area contributed by atoms with E-state index in [1.54, 1.807) is 13.1 Å². The van der Waals surface area contributed by atoms with Gasteiger partial charge in [-0.1, -0.05) is 6.07 Å². The molecule has 1 aliphatic carbocycles. The Morgan fingerprint density at radius 3 is 2.83 bits per heavy atom. The summed E-state index contributed by atoms with van der Waals surface area (Å²) in [6.45, 7) is 2.36. The van der Waals surface area contributed by atoms with Crippen LogP contribution in [0.3, 0.4) is 0 Å². The molecule has 0 unspecified atom stereocenters. The summed E-state index contributed by atoms with van der Waals surface area (Å²) < 4.78 is 7.23. The number of ether oxygens (including phenoxy) is 1. The molecule has 23 heavy (non-hydrogen) atoms. The third-order valence-electron chi connectivity index (χ3n) is 4.41. The van der Waals surface area contributed by atoms with Crippen molar-refractivity contribution in [2.24, 2.45) is 5.92 Å². The van der Waals surface area contributed by atoms with Crippen LogP contribution in [0.25, 0.3) is 10.9 Å². The lowest BCUT2D eigenvalue weighted by molar-refractivity contribution is -0.119. The van der Waals surface area contributed by atoms with Gasteiger partial charge in [0.25, 0.3) is 0 Å². The minimum absolute atomic E-state index is 0.0530. The molecule has 0 spiro atoms. The third kappa shape index (κ3) is 4.02. The van der Waals surface area contributed by atoms with E-state index in [2.05, 4.69) is 26.2 Å². The highest BCUT2D eigenvalue weighted by Crippen LogP contribution is 2.32. The van der Waals surface area contributed by atoms with Crippen molar-refractivity contribution >= 4 is 32.7 Å². The molecule has 1 saturated carbocycles. The van der Waals surface area contributed by atoms with Gasteiger partial charge in [0.2, 0.25) is 5.91 Å². The monoisotopic (exact) mass is 376 g/mol. The minimum Gasteiger partial charge on any atom is -0.490 e. The molecule has 4 nitrogen and oxygen atoms in total. The number of rotatable bonds is 4. The van der Waals surface area contributed by atoms with E-state index in [4.69, 9.17) is 4.74 Å². The first-order valence-electron chi connectivity index (χ1n) is 8.08. The number of nitrogens with zero attached hydrogens (tertiary/aromatic N) is 1. The first kappa shape index (κ1) is 16.2. The number of fused-ring (bicyclic) bond motifs is 1.